The molecule has 0 atom stereocenters. The maximum absolute atomic E-state index is 12.6. The molecule has 1 heterocycles. The minimum atomic E-state index is -0.795. The summed E-state index contributed by atoms with van der Waals surface area (Å²) in [7, 11) is 0. The zero-order valence-electron chi connectivity index (χ0n) is 17.6. The van der Waals surface area contributed by atoms with E-state index in [4.69, 9.17) is 16.3 Å². The zero-order chi connectivity index (χ0) is 24.2. The summed E-state index contributed by atoms with van der Waals surface area (Å²) in [6.45, 7) is -0.956. The van der Waals surface area contributed by atoms with E-state index in [0.29, 0.717) is 16.8 Å². The average molecular weight is 477 g/mol. The second kappa shape index (κ2) is 9.68. The van der Waals surface area contributed by atoms with Crippen molar-refractivity contribution < 1.29 is 28.7 Å². The molecule has 170 valence electrons. The van der Waals surface area contributed by atoms with Gasteiger partial charge in [-0.15, -0.1) is 0 Å². The number of ether oxygens (including phenoxy) is 1. The molecule has 0 radical (unpaired) electrons. The zero-order valence-corrected chi connectivity index (χ0v) is 18.4. The normalized spacial score (nSPS) is 12.3. The maximum atomic E-state index is 12.6. The third-order valence-corrected chi connectivity index (χ3v) is 5.44. The molecule has 0 aromatic heterocycles. The van der Waals surface area contributed by atoms with Gasteiger partial charge >= 0.3 is 5.97 Å². The summed E-state index contributed by atoms with van der Waals surface area (Å²) in [5.41, 5.74) is 1.40. The summed E-state index contributed by atoms with van der Waals surface area (Å²) in [6.07, 6.45) is 0. The number of halogens is 1. The van der Waals surface area contributed by atoms with E-state index in [0.717, 1.165) is 4.90 Å². The number of ketones is 1. The van der Waals surface area contributed by atoms with Gasteiger partial charge in [-0.3, -0.25) is 24.0 Å². The molecule has 1 N–H and O–H groups in total. The first-order valence-corrected chi connectivity index (χ1v) is 10.5. The van der Waals surface area contributed by atoms with Crippen molar-refractivity contribution in [3.63, 3.8) is 0 Å². The number of nitrogens with zero attached hydrogens (tertiary/aromatic N) is 1. The van der Waals surface area contributed by atoms with Crippen LogP contribution in [0.5, 0.6) is 0 Å². The van der Waals surface area contributed by atoms with Crippen LogP contribution in [-0.4, -0.2) is 42.6 Å². The largest absolute Gasteiger partial charge is 0.456 e. The highest BCUT2D eigenvalue weighted by molar-refractivity contribution is 6.34. The summed E-state index contributed by atoms with van der Waals surface area (Å²) in [5.74, 6) is -2.70. The maximum Gasteiger partial charge on any atom is 0.325 e. The Labute approximate surface area is 199 Å². The van der Waals surface area contributed by atoms with Crippen LogP contribution in [0.2, 0.25) is 5.02 Å². The Hall–Kier alpha value is -4.30. The lowest BCUT2D eigenvalue weighted by Crippen LogP contribution is -2.32. The number of anilines is 1. The predicted octanol–water partition coefficient (Wildman–Crippen LogP) is 3.30. The minimum Gasteiger partial charge on any atom is -0.456 e. The fourth-order valence-corrected chi connectivity index (χ4v) is 3.64. The molecule has 0 saturated heterocycles. The molecule has 3 aromatic carbocycles. The van der Waals surface area contributed by atoms with Gasteiger partial charge in [0.05, 0.1) is 21.8 Å². The van der Waals surface area contributed by atoms with Crippen molar-refractivity contribution in [2.24, 2.45) is 0 Å². The topological polar surface area (TPSA) is 110 Å². The van der Waals surface area contributed by atoms with Crippen LogP contribution in [0.15, 0.2) is 72.8 Å². The number of imide groups is 1. The van der Waals surface area contributed by atoms with E-state index < -0.39 is 42.6 Å². The number of carbonyl (C=O) groups is 5. The Kier molecular flexibility index (Phi) is 6.51. The molecule has 0 bridgehead atoms. The first kappa shape index (κ1) is 22.9. The van der Waals surface area contributed by atoms with Gasteiger partial charge in [0.1, 0.15) is 6.54 Å². The van der Waals surface area contributed by atoms with Crippen molar-refractivity contribution >= 4 is 46.8 Å². The molecule has 3 aromatic rings. The molecule has 1 aliphatic heterocycles. The summed E-state index contributed by atoms with van der Waals surface area (Å²) in [4.78, 5) is 62.5. The highest BCUT2D eigenvalue weighted by atomic mass is 35.5. The van der Waals surface area contributed by atoms with E-state index in [-0.39, 0.29) is 16.1 Å². The predicted molar refractivity (Wildman–Crippen MR) is 123 cm³/mol. The van der Waals surface area contributed by atoms with Gasteiger partial charge in [-0.05, 0) is 48.5 Å². The van der Waals surface area contributed by atoms with Crippen molar-refractivity contribution in [2.75, 3.05) is 18.1 Å². The van der Waals surface area contributed by atoms with Crippen molar-refractivity contribution in [2.45, 2.75) is 0 Å². The number of amides is 3. The quantitative estimate of drug-likeness (QED) is 0.318. The number of hydrogen-bond donors (Lipinski definition) is 1. The third kappa shape index (κ3) is 4.57. The molecule has 4 rings (SSSR count). The highest BCUT2D eigenvalue weighted by Gasteiger charge is 2.36. The summed E-state index contributed by atoms with van der Waals surface area (Å²) in [5, 5.41) is 2.65. The van der Waals surface area contributed by atoms with E-state index in [9.17, 15) is 24.0 Å². The summed E-state index contributed by atoms with van der Waals surface area (Å²) < 4.78 is 4.90. The second-order valence-corrected chi connectivity index (χ2v) is 7.69. The van der Waals surface area contributed by atoms with Crippen LogP contribution in [-0.2, 0) is 9.53 Å². The van der Waals surface area contributed by atoms with Crippen LogP contribution in [0.25, 0.3) is 0 Å². The molecule has 0 fully saturated rings. The second-order valence-electron chi connectivity index (χ2n) is 7.28. The van der Waals surface area contributed by atoms with Crippen molar-refractivity contribution in [1.29, 1.82) is 0 Å². The highest BCUT2D eigenvalue weighted by Crippen LogP contribution is 2.28. The van der Waals surface area contributed by atoms with Crippen molar-refractivity contribution in [3.8, 4) is 0 Å². The van der Waals surface area contributed by atoms with Gasteiger partial charge in [0.15, 0.2) is 6.61 Å². The van der Waals surface area contributed by atoms with Crippen LogP contribution in [0.3, 0.4) is 0 Å². The molecule has 0 spiro atoms. The monoisotopic (exact) mass is 476 g/mol. The third-order valence-electron chi connectivity index (χ3n) is 5.11. The molecule has 9 heteroatoms. The standard InChI is InChI=1S/C25H17ClN2O6/c26-20-8-4-3-7-19(20)21(29)14-34-22(30)13-27-23(31)15-9-11-16(12-10-15)28-24(32)17-5-1-2-6-18(17)25(28)33/h1-12H,13-14H2,(H,27,31). The van der Waals surface area contributed by atoms with Crippen molar-refractivity contribution in [3.05, 3.63) is 100 Å². The number of fused-ring (bicyclic) bond motifs is 1. The number of hydrogen-bond acceptors (Lipinski definition) is 6. The smallest absolute Gasteiger partial charge is 0.325 e. The summed E-state index contributed by atoms with van der Waals surface area (Å²) >= 11 is 5.94. The van der Waals surface area contributed by atoms with E-state index >= 15 is 0 Å². The Morgan fingerprint density at radius 1 is 0.824 bits per heavy atom. The van der Waals surface area contributed by atoms with Gasteiger partial charge in [-0.25, -0.2) is 4.90 Å². The lowest BCUT2D eigenvalue weighted by Gasteiger charge is -2.14. The number of benzene rings is 3. The fraction of sp³-hybridized carbons (Fsp3) is 0.0800. The molecular weight excluding hydrogens is 460 g/mol. The first-order chi connectivity index (χ1) is 16.4. The molecule has 0 aliphatic carbocycles. The number of rotatable bonds is 7. The van der Waals surface area contributed by atoms with Crippen LogP contribution in [0.1, 0.15) is 41.4 Å². The van der Waals surface area contributed by atoms with E-state index in [1.165, 1.54) is 30.3 Å². The first-order valence-electron chi connectivity index (χ1n) is 10.2. The Morgan fingerprint density at radius 3 is 2.03 bits per heavy atom. The number of Topliss-reactive ketones (excluding diaryl/α,β-unsaturated/α-hetero) is 1. The number of nitrogens with one attached hydrogen (secondary N) is 1. The van der Waals surface area contributed by atoms with Gasteiger partial charge < -0.3 is 10.1 Å². The van der Waals surface area contributed by atoms with Gasteiger partial charge in [0.2, 0.25) is 5.78 Å². The molecule has 1 aliphatic rings. The Balaban J connectivity index is 1.31. The van der Waals surface area contributed by atoms with Crippen LogP contribution < -0.4 is 10.2 Å². The van der Waals surface area contributed by atoms with Gasteiger partial charge in [-0.1, -0.05) is 35.9 Å². The van der Waals surface area contributed by atoms with Crippen LogP contribution >= 0.6 is 11.6 Å². The van der Waals surface area contributed by atoms with E-state index in [1.54, 1.807) is 42.5 Å². The summed E-state index contributed by atoms with van der Waals surface area (Å²) in [6, 6.07) is 18.7. The molecule has 34 heavy (non-hydrogen) atoms. The Bertz CT molecular complexity index is 1280. The molecule has 8 nitrogen and oxygen atoms in total. The van der Waals surface area contributed by atoms with Gasteiger partial charge in [0.25, 0.3) is 17.7 Å². The lowest BCUT2D eigenvalue weighted by atomic mass is 10.1. The minimum absolute atomic E-state index is 0.209. The molecule has 0 unspecified atom stereocenters. The van der Waals surface area contributed by atoms with Gasteiger partial charge in [-0.2, -0.15) is 0 Å². The van der Waals surface area contributed by atoms with Crippen LogP contribution in [0, 0.1) is 0 Å². The van der Waals surface area contributed by atoms with E-state index in [2.05, 4.69) is 5.32 Å². The lowest BCUT2D eigenvalue weighted by molar-refractivity contribution is -0.141. The SMILES string of the molecule is O=C(CNC(=O)c1ccc(N2C(=O)c3ccccc3C2=O)cc1)OCC(=O)c1ccccc1Cl. The molecule has 0 saturated carbocycles. The van der Waals surface area contributed by atoms with Gasteiger partial charge in [0, 0.05) is 11.1 Å². The Morgan fingerprint density at radius 2 is 1.41 bits per heavy atom. The molecular formula is C25H17ClN2O6. The van der Waals surface area contributed by atoms with Crippen molar-refractivity contribution in [1.82, 2.24) is 5.32 Å². The molecule has 3 amide bonds. The fourth-order valence-electron chi connectivity index (χ4n) is 3.40. The number of carbonyl (C=O) groups excluding carboxylic acids is 5. The van der Waals surface area contributed by atoms with E-state index in [1.807, 2.05) is 0 Å². The average Bonchev–Trinajstić information content (AvgIpc) is 3.11. The number of esters is 1. The van der Waals surface area contributed by atoms with Crippen LogP contribution in [0.4, 0.5) is 5.69 Å².